The first kappa shape index (κ1) is 25.4. The molecule has 12 heteroatoms. The zero-order valence-electron chi connectivity index (χ0n) is 19.8. The fourth-order valence-electron chi connectivity index (χ4n) is 3.70. The molecule has 3 rings (SSSR count). The van der Waals surface area contributed by atoms with Crippen LogP contribution in [0.15, 0.2) is 20.7 Å². The molecule has 0 spiro atoms. The summed E-state index contributed by atoms with van der Waals surface area (Å²) in [4.78, 5) is 60.6. The lowest BCUT2D eigenvalue weighted by molar-refractivity contribution is -0.119. The number of aromatic amines is 1. The molecule has 0 unspecified atom stereocenters. The largest absolute Gasteiger partial charge is 0.383 e. The number of rotatable bonds is 10. The van der Waals surface area contributed by atoms with E-state index in [1.165, 1.54) is 38.8 Å². The second-order valence-corrected chi connectivity index (χ2v) is 9.20. The number of nitrogens with zero attached hydrogens (tertiary/aromatic N) is 4. The van der Waals surface area contributed by atoms with Crippen LogP contribution >= 0.6 is 11.3 Å². The fraction of sp³-hybridized carbons (Fsp3) is 0.500. The minimum absolute atomic E-state index is 0.0591. The number of nitrogens with one attached hydrogen (secondary N) is 1. The first-order chi connectivity index (χ1) is 16.2. The van der Waals surface area contributed by atoms with E-state index in [0.717, 1.165) is 16.9 Å². The number of aromatic nitrogens is 4. The SMILES string of the molecule is CCCCn1c(N)c(N(CCOC)C(=O)CCn2cnc3sc(C)c(C)c3c2=O)c(=O)[nH]c1=O. The summed E-state index contributed by atoms with van der Waals surface area (Å²) in [5, 5.41) is 0.553. The molecule has 11 nitrogen and oxygen atoms in total. The lowest BCUT2D eigenvalue weighted by atomic mass is 10.2. The van der Waals surface area contributed by atoms with Gasteiger partial charge in [0.1, 0.15) is 10.6 Å². The molecule has 3 aromatic rings. The van der Waals surface area contributed by atoms with Gasteiger partial charge >= 0.3 is 5.69 Å². The summed E-state index contributed by atoms with van der Waals surface area (Å²) >= 11 is 1.45. The molecule has 0 aliphatic heterocycles. The van der Waals surface area contributed by atoms with E-state index in [-0.39, 0.29) is 43.2 Å². The van der Waals surface area contributed by atoms with Gasteiger partial charge in [-0.15, -0.1) is 11.3 Å². The zero-order chi connectivity index (χ0) is 25.0. The van der Waals surface area contributed by atoms with Crippen molar-refractivity contribution in [2.45, 2.75) is 53.1 Å². The van der Waals surface area contributed by atoms with Crippen molar-refractivity contribution < 1.29 is 9.53 Å². The van der Waals surface area contributed by atoms with Crippen molar-refractivity contribution in [1.29, 1.82) is 0 Å². The van der Waals surface area contributed by atoms with Gasteiger partial charge in [-0.25, -0.2) is 9.78 Å². The highest BCUT2D eigenvalue weighted by Gasteiger charge is 2.24. The van der Waals surface area contributed by atoms with Gasteiger partial charge in [-0.3, -0.25) is 28.5 Å². The van der Waals surface area contributed by atoms with Gasteiger partial charge in [0, 0.05) is 38.0 Å². The Hall–Kier alpha value is -3.25. The third kappa shape index (κ3) is 4.97. The van der Waals surface area contributed by atoms with E-state index in [1.807, 2.05) is 20.8 Å². The molecule has 0 fully saturated rings. The van der Waals surface area contributed by atoms with Gasteiger partial charge in [-0.05, 0) is 25.8 Å². The quantitative estimate of drug-likeness (QED) is 0.437. The van der Waals surface area contributed by atoms with E-state index in [2.05, 4.69) is 9.97 Å². The Kier molecular flexibility index (Phi) is 8.05. The van der Waals surface area contributed by atoms with Gasteiger partial charge < -0.3 is 15.4 Å². The van der Waals surface area contributed by atoms with Crippen LogP contribution in [0.5, 0.6) is 0 Å². The van der Waals surface area contributed by atoms with Crippen LogP contribution in [0.25, 0.3) is 10.2 Å². The van der Waals surface area contributed by atoms with Crippen molar-refractivity contribution in [3.05, 3.63) is 48.0 Å². The molecular weight excluding hydrogens is 460 g/mol. The minimum Gasteiger partial charge on any atom is -0.383 e. The van der Waals surface area contributed by atoms with Gasteiger partial charge in [0.25, 0.3) is 11.1 Å². The van der Waals surface area contributed by atoms with Crippen LogP contribution in [0.2, 0.25) is 0 Å². The molecule has 34 heavy (non-hydrogen) atoms. The summed E-state index contributed by atoms with van der Waals surface area (Å²) in [5.74, 6) is -0.503. The molecule has 3 N–H and O–H groups in total. The Balaban J connectivity index is 1.93. The third-order valence-corrected chi connectivity index (χ3v) is 6.88. The number of nitrogen functional groups attached to an aromatic ring is 1. The lowest BCUT2D eigenvalue weighted by Crippen LogP contribution is -2.43. The van der Waals surface area contributed by atoms with Crippen molar-refractivity contribution in [2.75, 3.05) is 30.9 Å². The molecule has 3 aromatic heterocycles. The van der Waals surface area contributed by atoms with Crippen LogP contribution in [-0.4, -0.2) is 45.3 Å². The third-order valence-electron chi connectivity index (χ3n) is 5.76. The van der Waals surface area contributed by atoms with Gasteiger partial charge in [-0.2, -0.15) is 0 Å². The van der Waals surface area contributed by atoms with Gasteiger partial charge in [-0.1, -0.05) is 13.3 Å². The van der Waals surface area contributed by atoms with Crippen molar-refractivity contribution in [1.82, 2.24) is 19.1 Å². The van der Waals surface area contributed by atoms with Crippen LogP contribution in [-0.2, 0) is 22.6 Å². The Morgan fingerprint density at radius 2 is 2.00 bits per heavy atom. The molecule has 0 atom stereocenters. The summed E-state index contributed by atoms with van der Waals surface area (Å²) in [7, 11) is 1.48. The number of H-pyrrole nitrogens is 1. The number of hydrogen-bond acceptors (Lipinski definition) is 8. The van der Waals surface area contributed by atoms with E-state index >= 15 is 0 Å². The van der Waals surface area contributed by atoms with E-state index in [4.69, 9.17) is 10.5 Å². The standard InChI is InChI=1S/C22H30N6O5S/c1-5-6-8-28-18(23)17(19(30)25-22(28)32)27(10-11-33-4)15(29)7-9-26-12-24-20-16(21(26)31)13(2)14(3)34-20/h12H,5-11,23H2,1-4H3,(H,25,30,32). The smallest absolute Gasteiger partial charge is 0.330 e. The van der Waals surface area contributed by atoms with Gasteiger partial charge in [0.2, 0.25) is 5.91 Å². The Labute approximate surface area is 199 Å². The summed E-state index contributed by atoms with van der Waals surface area (Å²) in [5.41, 5.74) is 5.40. The Morgan fingerprint density at radius 3 is 2.68 bits per heavy atom. The van der Waals surface area contributed by atoms with Crippen LogP contribution < -0.4 is 27.4 Å². The highest BCUT2D eigenvalue weighted by Crippen LogP contribution is 2.25. The van der Waals surface area contributed by atoms with Crippen LogP contribution in [0, 0.1) is 13.8 Å². The lowest BCUT2D eigenvalue weighted by Gasteiger charge is -2.24. The number of fused-ring (bicyclic) bond motifs is 1. The Bertz CT molecular complexity index is 1370. The summed E-state index contributed by atoms with van der Waals surface area (Å²) in [6, 6.07) is 0. The maximum atomic E-state index is 13.2. The molecule has 0 aliphatic carbocycles. The number of amides is 1. The number of anilines is 2. The second-order valence-electron chi connectivity index (χ2n) is 7.99. The number of thiophene rings is 1. The van der Waals surface area contributed by atoms with E-state index in [1.54, 1.807) is 0 Å². The normalized spacial score (nSPS) is 11.3. The van der Waals surface area contributed by atoms with Gasteiger partial charge in [0.15, 0.2) is 5.69 Å². The highest BCUT2D eigenvalue weighted by atomic mass is 32.1. The maximum Gasteiger partial charge on any atom is 0.330 e. The van der Waals surface area contributed by atoms with Gasteiger partial charge in [0.05, 0.1) is 18.3 Å². The number of nitrogens with two attached hydrogens (primary N) is 1. The summed E-state index contributed by atoms with van der Waals surface area (Å²) < 4.78 is 7.76. The highest BCUT2D eigenvalue weighted by molar-refractivity contribution is 7.18. The molecule has 1 amide bonds. The number of methoxy groups -OCH3 is 1. The zero-order valence-corrected chi connectivity index (χ0v) is 20.7. The van der Waals surface area contributed by atoms with Crippen molar-refractivity contribution in [2.24, 2.45) is 0 Å². The van der Waals surface area contributed by atoms with Crippen LogP contribution in [0.3, 0.4) is 0 Å². The average molecular weight is 491 g/mol. The molecule has 0 saturated carbocycles. The van der Waals surface area contributed by atoms with Crippen molar-refractivity contribution in [3.8, 4) is 0 Å². The number of hydrogen-bond donors (Lipinski definition) is 2. The number of carbonyl (C=O) groups excluding carboxylic acids is 1. The molecule has 0 aromatic carbocycles. The number of unbranched alkanes of at least 4 members (excludes halogenated alkanes) is 1. The number of carbonyl (C=O) groups is 1. The van der Waals surface area contributed by atoms with Crippen LogP contribution in [0.4, 0.5) is 11.5 Å². The predicted octanol–water partition coefficient (Wildman–Crippen LogP) is 1.38. The van der Waals surface area contributed by atoms with E-state index in [9.17, 15) is 19.2 Å². The van der Waals surface area contributed by atoms with E-state index in [0.29, 0.717) is 23.2 Å². The molecule has 184 valence electrons. The topological polar surface area (TPSA) is 145 Å². The number of ether oxygens (including phenoxy) is 1. The molecule has 0 aliphatic rings. The molecule has 3 heterocycles. The molecule has 0 saturated heterocycles. The van der Waals surface area contributed by atoms with Crippen molar-refractivity contribution >= 4 is 39.0 Å². The molecule has 0 bridgehead atoms. The monoisotopic (exact) mass is 490 g/mol. The first-order valence-electron chi connectivity index (χ1n) is 11.1. The second kappa shape index (κ2) is 10.8. The van der Waals surface area contributed by atoms with E-state index < -0.39 is 17.2 Å². The average Bonchev–Trinajstić information content (AvgIpc) is 3.09. The predicted molar refractivity (Wildman–Crippen MR) is 133 cm³/mol. The van der Waals surface area contributed by atoms with Crippen molar-refractivity contribution in [3.63, 3.8) is 0 Å². The maximum absolute atomic E-state index is 13.2. The Morgan fingerprint density at radius 1 is 1.26 bits per heavy atom. The first-order valence-corrected chi connectivity index (χ1v) is 11.9. The number of aryl methyl sites for hydroxylation is 3. The summed E-state index contributed by atoms with van der Waals surface area (Å²) in [6.07, 6.45) is 2.86. The minimum atomic E-state index is -0.746. The summed E-state index contributed by atoms with van der Waals surface area (Å²) in [6.45, 7) is 6.38. The molecular formula is C22H30N6O5S. The van der Waals surface area contributed by atoms with Crippen LogP contribution in [0.1, 0.15) is 36.6 Å². The molecule has 0 radical (unpaired) electrons. The fourth-order valence-corrected chi connectivity index (χ4v) is 4.69.